The average molecular weight is 300 g/mol. The van der Waals surface area contributed by atoms with Crippen molar-refractivity contribution in [3.05, 3.63) is 11.3 Å². The van der Waals surface area contributed by atoms with E-state index in [2.05, 4.69) is 22.2 Å². The molecule has 0 spiro atoms. The van der Waals surface area contributed by atoms with Crippen molar-refractivity contribution in [2.24, 2.45) is 7.05 Å². The summed E-state index contributed by atoms with van der Waals surface area (Å²) in [6, 6.07) is 0. The highest BCUT2D eigenvalue weighted by molar-refractivity contribution is 7.91. The minimum atomic E-state index is -2.88. The van der Waals surface area contributed by atoms with Gasteiger partial charge in [0.05, 0.1) is 17.2 Å². The predicted molar refractivity (Wildman–Crippen MR) is 80.8 cm³/mol. The molecule has 0 aliphatic carbocycles. The third-order valence-corrected chi connectivity index (χ3v) is 5.44. The number of sulfone groups is 1. The Labute approximate surface area is 121 Å². The van der Waals surface area contributed by atoms with Crippen molar-refractivity contribution in [3.8, 4) is 0 Å². The Morgan fingerprint density at radius 3 is 2.75 bits per heavy atom. The highest BCUT2D eigenvalue weighted by Crippen LogP contribution is 2.24. The van der Waals surface area contributed by atoms with Gasteiger partial charge in [0.2, 0.25) is 0 Å². The van der Waals surface area contributed by atoms with Crippen molar-refractivity contribution in [2.45, 2.75) is 26.8 Å². The molecule has 0 bridgehead atoms. The summed E-state index contributed by atoms with van der Waals surface area (Å²) < 4.78 is 25.3. The summed E-state index contributed by atoms with van der Waals surface area (Å²) in [5, 5.41) is 7.82. The lowest BCUT2D eigenvalue weighted by Crippen LogP contribution is -2.30. The van der Waals surface area contributed by atoms with Crippen LogP contribution in [0.4, 0.5) is 5.82 Å². The van der Waals surface area contributed by atoms with Gasteiger partial charge in [-0.05, 0) is 19.9 Å². The Kier molecular flexibility index (Phi) is 4.70. The van der Waals surface area contributed by atoms with Gasteiger partial charge in [-0.1, -0.05) is 6.92 Å². The van der Waals surface area contributed by atoms with Gasteiger partial charge in [-0.15, -0.1) is 0 Å². The molecule has 0 atom stereocenters. The molecule has 1 aliphatic rings. The fourth-order valence-electron chi connectivity index (χ4n) is 2.69. The maximum Gasteiger partial charge on any atom is 0.152 e. The van der Waals surface area contributed by atoms with E-state index in [4.69, 9.17) is 0 Å². The van der Waals surface area contributed by atoms with Crippen LogP contribution in [0, 0.1) is 6.92 Å². The number of rotatable bonds is 4. The van der Waals surface area contributed by atoms with Gasteiger partial charge in [0.1, 0.15) is 5.82 Å². The molecule has 1 fully saturated rings. The van der Waals surface area contributed by atoms with Crippen LogP contribution in [0.2, 0.25) is 0 Å². The zero-order chi connectivity index (χ0) is 14.8. The highest BCUT2D eigenvalue weighted by Gasteiger charge is 2.24. The summed E-state index contributed by atoms with van der Waals surface area (Å²) >= 11 is 0. The quantitative estimate of drug-likeness (QED) is 0.875. The Morgan fingerprint density at radius 1 is 1.30 bits per heavy atom. The second-order valence-corrected chi connectivity index (χ2v) is 7.59. The maximum absolute atomic E-state index is 11.7. The normalized spacial score (nSPS) is 19.1. The molecule has 0 radical (unpaired) electrons. The van der Waals surface area contributed by atoms with E-state index in [1.165, 1.54) is 5.56 Å². The van der Waals surface area contributed by atoms with E-state index in [1.54, 1.807) is 0 Å². The average Bonchev–Trinajstić information content (AvgIpc) is 2.54. The third-order valence-electron chi connectivity index (χ3n) is 3.72. The van der Waals surface area contributed by atoms with Gasteiger partial charge in [-0.25, -0.2) is 8.42 Å². The molecular formula is C13H24N4O2S. The van der Waals surface area contributed by atoms with Crippen LogP contribution < -0.4 is 10.2 Å². The topological polar surface area (TPSA) is 67.2 Å². The van der Waals surface area contributed by atoms with Gasteiger partial charge in [-0.2, -0.15) is 5.10 Å². The molecule has 1 aromatic rings. The molecule has 1 saturated heterocycles. The lowest BCUT2D eigenvalue weighted by Gasteiger charge is -2.23. The summed E-state index contributed by atoms with van der Waals surface area (Å²) in [5.74, 6) is 1.58. The van der Waals surface area contributed by atoms with Gasteiger partial charge >= 0.3 is 0 Å². The zero-order valence-corrected chi connectivity index (χ0v) is 13.3. The number of aromatic nitrogens is 2. The summed E-state index contributed by atoms with van der Waals surface area (Å²) in [6.45, 7) is 7.09. The smallest absolute Gasteiger partial charge is 0.152 e. The number of hydrogen-bond acceptors (Lipinski definition) is 5. The number of anilines is 1. The first-order chi connectivity index (χ1) is 9.44. The Bertz CT molecular complexity index is 565. The number of nitrogens with one attached hydrogen (secondary N) is 1. The molecule has 20 heavy (non-hydrogen) atoms. The van der Waals surface area contributed by atoms with Crippen molar-refractivity contribution in [1.82, 2.24) is 15.1 Å². The van der Waals surface area contributed by atoms with Gasteiger partial charge in [-0.3, -0.25) is 4.68 Å². The van der Waals surface area contributed by atoms with Gasteiger partial charge < -0.3 is 10.2 Å². The van der Waals surface area contributed by atoms with Crippen LogP contribution in [-0.2, 0) is 23.4 Å². The van der Waals surface area contributed by atoms with Crippen LogP contribution in [0.25, 0.3) is 0 Å². The second-order valence-electron chi connectivity index (χ2n) is 5.28. The van der Waals surface area contributed by atoms with Crippen LogP contribution >= 0.6 is 0 Å². The number of nitrogens with zero attached hydrogens (tertiary/aromatic N) is 3. The summed E-state index contributed by atoms with van der Waals surface area (Å²) in [4.78, 5) is 2.16. The van der Waals surface area contributed by atoms with Crippen molar-refractivity contribution >= 4 is 15.7 Å². The SMILES string of the molecule is CCNCc1c(C)nn(C)c1N1CCCS(=O)(=O)CC1. The lowest BCUT2D eigenvalue weighted by molar-refractivity contribution is 0.597. The number of aryl methyl sites for hydroxylation is 2. The van der Waals surface area contributed by atoms with E-state index >= 15 is 0 Å². The molecular weight excluding hydrogens is 276 g/mol. The first-order valence-corrected chi connectivity index (χ1v) is 8.95. The molecule has 0 saturated carbocycles. The molecule has 7 heteroatoms. The lowest BCUT2D eigenvalue weighted by atomic mass is 10.2. The van der Waals surface area contributed by atoms with Crippen LogP contribution in [0.15, 0.2) is 0 Å². The zero-order valence-electron chi connectivity index (χ0n) is 12.5. The summed E-state index contributed by atoms with van der Waals surface area (Å²) in [7, 11) is -0.955. The van der Waals surface area contributed by atoms with Crippen molar-refractivity contribution in [3.63, 3.8) is 0 Å². The minimum Gasteiger partial charge on any atom is -0.356 e. The molecule has 6 nitrogen and oxygen atoms in total. The van der Waals surface area contributed by atoms with Crippen molar-refractivity contribution < 1.29 is 8.42 Å². The molecule has 2 rings (SSSR count). The Morgan fingerprint density at radius 2 is 2.05 bits per heavy atom. The Balaban J connectivity index is 2.27. The molecule has 0 aromatic carbocycles. The fraction of sp³-hybridized carbons (Fsp3) is 0.769. The molecule has 114 valence electrons. The van der Waals surface area contributed by atoms with E-state index in [0.717, 1.165) is 31.1 Å². The molecule has 1 aliphatic heterocycles. The van der Waals surface area contributed by atoms with Crippen molar-refractivity contribution in [1.29, 1.82) is 0 Å². The largest absolute Gasteiger partial charge is 0.356 e. The van der Waals surface area contributed by atoms with E-state index in [0.29, 0.717) is 18.7 Å². The summed E-state index contributed by atoms with van der Waals surface area (Å²) in [6.07, 6.45) is 0.688. The Hall–Kier alpha value is -1.08. The van der Waals surface area contributed by atoms with Gasteiger partial charge in [0.25, 0.3) is 0 Å². The van der Waals surface area contributed by atoms with E-state index < -0.39 is 9.84 Å². The summed E-state index contributed by atoms with van der Waals surface area (Å²) in [5.41, 5.74) is 2.18. The number of hydrogen-bond donors (Lipinski definition) is 1. The minimum absolute atomic E-state index is 0.234. The standard InChI is InChI=1S/C13H24N4O2S/c1-4-14-10-12-11(2)15-16(3)13(12)17-6-5-8-20(18,19)9-7-17/h14H,4-10H2,1-3H3. The van der Waals surface area contributed by atoms with Crippen molar-refractivity contribution in [2.75, 3.05) is 36.0 Å². The predicted octanol–water partition coefficient (Wildman–Crippen LogP) is 0.463. The molecule has 2 heterocycles. The van der Waals surface area contributed by atoms with Gasteiger partial charge in [0.15, 0.2) is 9.84 Å². The fourth-order valence-corrected chi connectivity index (χ4v) is 3.96. The second kappa shape index (κ2) is 6.13. The van der Waals surface area contributed by atoms with E-state index in [9.17, 15) is 8.42 Å². The van der Waals surface area contributed by atoms with Crippen LogP contribution in [0.1, 0.15) is 24.6 Å². The third kappa shape index (κ3) is 3.32. The van der Waals surface area contributed by atoms with Crippen LogP contribution in [0.3, 0.4) is 0 Å². The van der Waals surface area contributed by atoms with Crippen LogP contribution in [0.5, 0.6) is 0 Å². The van der Waals surface area contributed by atoms with E-state index in [-0.39, 0.29) is 5.75 Å². The first-order valence-electron chi connectivity index (χ1n) is 7.13. The molecule has 1 N–H and O–H groups in total. The molecule has 0 unspecified atom stereocenters. The highest BCUT2D eigenvalue weighted by atomic mass is 32.2. The van der Waals surface area contributed by atoms with E-state index in [1.807, 2.05) is 18.7 Å². The monoisotopic (exact) mass is 300 g/mol. The molecule has 0 amide bonds. The van der Waals surface area contributed by atoms with Gasteiger partial charge in [0, 0.05) is 32.2 Å². The molecule has 1 aromatic heterocycles. The first kappa shape index (κ1) is 15.3. The van der Waals surface area contributed by atoms with Crippen LogP contribution in [-0.4, -0.2) is 49.3 Å². The maximum atomic E-state index is 11.7.